The number of carbonyl (C=O) groups is 3. The fraction of sp³-hybridized carbons (Fsp3) is 0.235. The molecule has 0 fully saturated rings. The molecule has 1 aromatic heterocycles. The average Bonchev–Trinajstić information content (AvgIpc) is 3.22. The second kappa shape index (κ2) is 6.79. The number of aryl methyl sites for hydroxylation is 1. The van der Waals surface area contributed by atoms with E-state index in [1.807, 2.05) is 0 Å². The van der Waals surface area contributed by atoms with E-state index >= 15 is 0 Å². The number of nitrogens with one attached hydrogen (secondary N) is 3. The van der Waals surface area contributed by atoms with Gasteiger partial charge >= 0.3 is 5.97 Å². The molecule has 2 aromatic rings. The second-order valence-corrected chi connectivity index (χ2v) is 5.59. The van der Waals surface area contributed by atoms with Gasteiger partial charge in [0.15, 0.2) is 11.5 Å². The molecular formula is C17H17N3O6. The monoisotopic (exact) mass is 359 g/mol. The largest absolute Gasteiger partial charge is 0.465 e. The molecule has 1 aromatic carbocycles. The molecule has 0 radical (unpaired) electrons. The molecular weight excluding hydrogens is 342 g/mol. The summed E-state index contributed by atoms with van der Waals surface area (Å²) in [4.78, 5) is 39.1. The smallest absolute Gasteiger partial charge is 0.339 e. The van der Waals surface area contributed by atoms with Gasteiger partial charge in [-0.15, -0.1) is 0 Å². The van der Waals surface area contributed by atoms with Crippen LogP contribution in [0.25, 0.3) is 0 Å². The Kier molecular flexibility index (Phi) is 4.53. The van der Waals surface area contributed by atoms with Gasteiger partial charge in [-0.3, -0.25) is 20.4 Å². The van der Waals surface area contributed by atoms with E-state index in [0.717, 1.165) is 0 Å². The van der Waals surface area contributed by atoms with Crippen molar-refractivity contribution in [2.45, 2.75) is 13.8 Å². The number of carbonyl (C=O) groups excluding carboxylic acids is 3. The first-order chi connectivity index (χ1) is 12.4. The highest BCUT2D eigenvalue weighted by molar-refractivity contribution is 6.02. The average molecular weight is 359 g/mol. The minimum atomic E-state index is -0.588. The third-order valence-corrected chi connectivity index (χ3v) is 3.98. The number of H-pyrrole nitrogens is 1. The minimum Gasteiger partial charge on any atom is -0.465 e. The minimum absolute atomic E-state index is 0.102. The van der Waals surface area contributed by atoms with Crippen LogP contribution in [-0.2, 0) is 4.74 Å². The number of aromatic amines is 1. The molecule has 1 aliphatic rings. The Morgan fingerprint density at radius 3 is 2.50 bits per heavy atom. The van der Waals surface area contributed by atoms with Crippen LogP contribution in [-0.4, -0.2) is 36.7 Å². The molecule has 0 bridgehead atoms. The van der Waals surface area contributed by atoms with Gasteiger partial charge in [0.1, 0.15) is 5.69 Å². The molecule has 0 saturated carbocycles. The van der Waals surface area contributed by atoms with Crippen LogP contribution < -0.4 is 20.3 Å². The number of methoxy groups -OCH3 is 1. The summed E-state index contributed by atoms with van der Waals surface area (Å²) < 4.78 is 15.1. The Bertz CT molecular complexity index is 902. The quantitative estimate of drug-likeness (QED) is 0.560. The number of benzene rings is 1. The van der Waals surface area contributed by atoms with Crippen LogP contribution in [0.5, 0.6) is 11.5 Å². The number of hydrogen-bond acceptors (Lipinski definition) is 6. The third kappa shape index (κ3) is 3.06. The molecule has 9 nitrogen and oxygen atoms in total. The SMILES string of the molecule is COC(=O)c1c(C)[nH]c(C(=O)NNC(=O)c2ccc3c(c2)OCO3)c1C. The van der Waals surface area contributed by atoms with E-state index < -0.39 is 17.8 Å². The van der Waals surface area contributed by atoms with Gasteiger partial charge in [0.05, 0.1) is 12.7 Å². The van der Waals surface area contributed by atoms with Crippen LogP contribution in [0, 0.1) is 13.8 Å². The van der Waals surface area contributed by atoms with Crippen LogP contribution in [0.3, 0.4) is 0 Å². The molecule has 9 heteroatoms. The van der Waals surface area contributed by atoms with Crippen LogP contribution in [0.4, 0.5) is 0 Å². The Morgan fingerprint density at radius 2 is 1.77 bits per heavy atom. The van der Waals surface area contributed by atoms with E-state index in [4.69, 9.17) is 14.2 Å². The zero-order valence-electron chi connectivity index (χ0n) is 14.4. The van der Waals surface area contributed by atoms with Gasteiger partial charge in [0.2, 0.25) is 6.79 Å². The highest BCUT2D eigenvalue weighted by Crippen LogP contribution is 2.32. The molecule has 0 spiro atoms. The van der Waals surface area contributed by atoms with E-state index in [1.165, 1.54) is 13.2 Å². The lowest BCUT2D eigenvalue weighted by atomic mass is 10.1. The highest BCUT2D eigenvalue weighted by atomic mass is 16.7. The summed E-state index contributed by atoms with van der Waals surface area (Å²) >= 11 is 0. The lowest BCUT2D eigenvalue weighted by Gasteiger charge is -2.08. The molecule has 3 rings (SSSR count). The molecule has 0 atom stereocenters. The Labute approximate surface area is 148 Å². The van der Waals surface area contributed by atoms with Crippen LogP contribution >= 0.6 is 0 Å². The van der Waals surface area contributed by atoms with Gasteiger partial charge in [-0.25, -0.2) is 4.79 Å². The van der Waals surface area contributed by atoms with Crippen molar-refractivity contribution < 1.29 is 28.6 Å². The van der Waals surface area contributed by atoms with Gasteiger partial charge in [-0.05, 0) is 37.6 Å². The van der Waals surface area contributed by atoms with Crippen molar-refractivity contribution in [2.24, 2.45) is 0 Å². The number of hydrazine groups is 1. The molecule has 0 unspecified atom stereocenters. The first-order valence-electron chi connectivity index (χ1n) is 7.70. The van der Waals surface area contributed by atoms with Crippen LogP contribution in [0.1, 0.15) is 42.5 Å². The van der Waals surface area contributed by atoms with Crippen molar-refractivity contribution in [1.82, 2.24) is 15.8 Å². The van der Waals surface area contributed by atoms with Crippen molar-refractivity contribution in [3.63, 3.8) is 0 Å². The zero-order valence-corrected chi connectivity index (χ0v) is 14.4. The fourth-order valence-electron chi connectivity index (χ4n) is 2.67. The summed E-state index contributed by atoms with van der Waals surface area (Å²) in [5.41, 5.74) is 6.31. The molecule has 2 heterocycles. The number of esters is 1. The number of ether oxygens (including phenoxy) is 3. The van der Waals surface area contributed by atoms with Gasteiger partial charge in [0.25, 0.3) is 11.8 Å². The first kappa shape index (κ1) is 17.3. The van der Waals surface area contributed by atoms with E-state index in [1.54, 1.807) is 26.0 Å². The van der Waals surface area contributed by atoms with E-state index in [-0.39, 0.29) is 12.5 Å². The van der Waals surface area contributed by atoms with E-state index in [9.17, 15) is 14.4 Å². The van der Waals surface area contributed by atoms with E-state index in [2.05, 4.69) is 15.8 Å². The van der Waals surface area contributed by atoms with Crippen molar-refractivity contribution in [3.05, 3.63) is 46.3 Å². The van der Waals surface area contributed by atoms with Crippen LogP contribution in [0.15, 0.2) is 18.2 Å². The number of hydrogen-bond donors (Lipinski definition) is 3. The predicted octanol–water partition coefficient (Wildman–Crippen LogP) is 1.22. The number of rotatable bonds is 3. The summed E-state index contributed by atoms with van der Waals surface area (Å²) in [6.07, 6.45) is 0. The summed E-state index contributed by atoms with van der Waals surface area (Å²) in [6.45, 7) is 3.37. The first-order valence-corrected chi connectivity index (χ1v) is 7.70. The molecule has 0 saturated heterocycles. The maximum Gasteiger partial charge on any atom is 0.339 e. The number of aromatic nitrogens is 1. The van der Waals surface area contributed by atoms with Crippen molar-refractivity contribution in [1.29, 1.82) is 0 Å². The standard InChI is InChI=1S/C17H17N3O6/c1-8-13(17(23)24-3)9(2)18-14(8)16(22)20-19-15(21)10-4-5-11-12(6-10)26-7-25-11/h4-6,18H,7H2,1-3H3,(H,19,21)(H,20,22). The molecule has 3 N–H and O–H groups in total. The van der Waals surface area contributed by atoms with Crippen molar-refractivity contribution >= 4 is 17.8 Å². The molecule has 2 amide bonds. The van der Waals surface area contributed by atoms with Gasteiger partial charge in [-0.1, -0.05) is 0 Å². The summed E-state index contributed by atoms with van der Waals surface area (Å²) in [6, 6.07) is 4.68. The molecule has 0 aliphatic carbocycles. The Hall–Kier alpha value is -3.49. The number of fused-ring (bicyclic) bond motifs is 1. The predicted molar refractivity (Wildman–Crippen MR) is 89.1 cm³/mol. The van der Waals surface area contributed by atoms with Gasteiger partial charge in [0, 0.05) is 11.3 Å². The molecule has 26 heavy (non-hydrogen) atoms. The lowest BCUT2D eigenvalue weighted by molar-refractivity contribution is 0.0599. The lowest BCUT2D eigenvalue weighted by Crippen LogP contribution is -2.42. The van der Waals surface area contributed by atoms with Gasteiger partial charge in [-0.2, -0.15) is 0 Å². The number of amides is 2. The van der Waals surface area contributed by atoms with Crippen molar-refractivity contribution in [2.75, 3.05) is 13.9 Å². The summed E-state index contributed by atoms with van der Waals surface area (Å²) in [5, 5.41) is 0. The van der Waals surface area contributed by atoms with E-state index in [0.29, 0.717) is 33.9 Å². The Balaban J connectivity index is 1.69. The molecule has 136 valence electrons. The summed E-state index contributed by atoms with van der Waals surface area (Å²) in [5.74, 6) is -0.638. The Morgan fingerprint density at radius 1 is 1.08 bits per heavy atom. The fourth-order valence-corrected chi connectivity index (χ4v) is 2.67. The topological polar surface area (TPSA) is 119 Å². The normalized spacial score (nSPS) is 11.8. The third-order valence-electron chi connectivity index (χ3n) is 3.98. The highest BCUT2D eigenvalue weighted by Gasteiger charge is 2.23. The molecule has 1 aliphatic heterocycles. The van der Waals surface area contributed by atoms with Crippen molar-refractivity contribution in [3.8, 4) is 11.5 Å². The summed E-state index contributed by atoms with van der Waals surface area (Å²) in [7, 11) is 1.26. The maximum atomic E-state index is 12.3. The zero-order chi connectivity index (χ0) is 18.8. The second-order valence-electron chi connectivity index (χ2n) is 5.59. The van der Waals surface area contributed by atoms with Crippen LogP contribution in [0.2, 0.25) is 0 Å². The van der Waals surface area contributed by atoms with Gasteiger partial charge < -0.3 is 19.2 Å². The maximum absolute atomic E-state index is 12.3.